The number of amides is 1. The highest BCUT2D eigenvalue weighted by Crippen LogP contribution is 2.36. The number of aliphatic carboxylic acids is 2. The minimum absolute atomic E-state index is 0.0111. The van der Waals surface area contributed by atoms with Gasteiger partial charge in [0.05, 0.1) is 11.3 Å². The van der Waals surface area contributed by atoms with Crippen LogP contribution in [0.4, 0.5) is 0 Å². The third kappa shape index (κ3) is 4.60. The van der Waals surface area contributed by atoms with E-state index in [-0.39, 0.29) is 9.23 Å². The number of benzene rings is 1. The third-order valence-corrected chi connectivity index (χ3v) is 6.06. The van der Waals surface area contributed by atoms with Gasteiger partial charge >= 0.3 is 11.9 Å². The normalized spacial score (nSPS) is 16.5. The molecule has 0 radical (unpaired) electrons. The first-order valence-electron chi connectivity index (χ1n) is 8.25. The summed E-state index contributed by atoms with van der Waals surface area (Å²) in [5.41, 5.74) is 1.93. The molecule has 2 heterocycles. The molecule has 1 unspecified atom stereocenters. The summed E-state index contributed by atoms with van der Waals surface area (Å²) in [5.74, 6) is -2.46. The lowest BCUT2D eigenvalue weighted by molar-refractivity contribution is -0.150. The molecule has 0 bridgehead atoms. The molecule has 0 aliphatic carbocycles. The number of carbonyl (C=O) groups excluding carboxylic acids is 1. The molecule has 150 valence electrons. The molecule has 1 amide bonds. The van der Waals surface area contributed by atoms with Gasteiger partial charge in [-0.2, -0.15) is 0 Å². The van der Waals surface area contributed by atoms with E-state index < -0.39 is 30.3 Å². The fraction of sp³-hybridized carbons (Fsp3) is 0.158. The molecule has 0 spiro atoms. The van der Waals surface area contributed by atoms with Gasteiger partial charge in [-0.1, -0.05) is 46.0 Å². The van der Waals surface area contributed by atoms with Crippen LogP contribution in [0.15, 0.2) is 44.1 Å². The van der Waals surface area contributed by atoms with Crippen molar-refractivity contribution >= 4 is 68.2 Å². The summed E-state index contributed by atoms with van der Waals surface area (Å²) in [5, 5.41) is 18.2. The molecule has 2 aromatic rings. The standard InChI is InChI=1S/C19H14BrNO6S2/c1-9-2-4-11(12(20)6-9)14-5-3-10(27-14)7-15-17(24)21(19(28)29-15)13(18(25)26)8-16(22)23/h2-7,13H,8H2,1H3,(H,22,23)(H,25,26)/b15-7-. The topological polar surface area (TPSA) is 108 Å². The second-order valence-corrected chi connectivity index (χ2v) is 8.72. The first-order chi connectivity index (χ1) is 13.7. The quantitative estimate of drug-likeness (QED) is 0.454. The van der Waals surface area contributed by atoms with Crippen molar-refractivity contribution < 1.29 is 29.0 Å². The van der Waals surface area contributed by atoms with E-state index in [0.717, 1.165) is 32.3 Å². The molecular weight excluding hydrogens is 482 g/mol. The summed E-state index contributed by atoms with van der Waals surface area (Å²) in [4.78, 5) is 36.0. The smallest absolute Gasteiger partial charge is 0.327 e. The van der Waals surface area contributed by atoms with E-state index in [1.54, 1.807) is 12.1 Å². The number of hydrogen-bond donors (Lipinski definition) is 2. The summed E-state index contributed by atoms with van der Waals surface area (Å²) in [6.07, 6.45) is 0.714. The zero-order valence-electron chi connectivity index (χ0n) is 14.9. The Balaban J connectivity index is 1.87. The minimum atomic E-state index is -1.57. The second-order valence-electron chi connectivity index (χ2n) is 6.19. The molecule has 1 aromatic carbocycles. The van der Waals surface area contributed by atoms with E-state index in [1.807, 2.05) is 25.1 Å². The van der Waals surface area contributed by atoms with Crippen LogP contribution in [0, 0.1) is 6.92 Å². The summed E-state index contributed by atoms with van der Waals surface area (Å²) in [7, 11) is 0. The molecule has 1 fully saturated rings. The molecule has 3 rings (SSSR count). The van der Waals surface area contributed by atoms with Gasteiger partial charge in [-0.05, 0) is 36.8 Å². The van der Waals surface area contributed by atoms with Crippen LogP contribution < -0.4 is 0 Å². The lowest BCUT2D eigenvalue weighted by atomic mass is 10.1. The number of carboxylic acids is 2. The number of hydrogen-bond acceptors (Lipinski definition) is 6. The zero-order valence-corrected chi connectivity index (χ0v) is 18.1. The highest BCUT2D eigenvalue weighted by atomic mass is 79.9. The third-order valence-electron chi connectivity index (χ3n) is 4.08. The Morgan fingerprint density at radius 1 is 1.31 bits per heavy atom. The van der Waals surface area contributed by atoms with E-state index in [4.69, 9.17) is 21.7 Å². The fourth-order valence-corrected chi connectivity index (χ4v) is 4.75. The van der Waals surface area contributed by atoms with Crippen LogP contribution in [0.25, 0.3) is 17.4 Å². The maximum Gasteiger partial charge on any atom is 0.327 e. The van der Waals surface area contributed by atoms with Gasteiger partial charge in [0, 0.05) is 16.1 Å². The molecule has 1 aliphatic rings. The Labute approximate surface area is 183 Å². The van der Waals surface area contributed by atoms with E-state index >= 15 is 0 Å². The molecule has 10 heteroatoms. The predicted molar refractivity (Wildman–Crippen MR) is 115 cm³/mol. The summed E-state index contributed by atoms with van der Waals surface area (Å²) < 4.78 is 6.65. The first kappa shape index (κ1) is 21.3. The number of thioether (sulfide) groups is 1. The lowest BCUT2D eigenvalue weighted by Crippen LogP contribution is -2.45. The van der Waals surface area contributed by atoms with E-state index in [1.165, 1.54) is 6.08 Å². The van der Waals surface area contributed by atoms with Crippen molar-refractivity contribution in [3.8, 4) is 11.3 Å². The van der Waals surface area contributed by atoms with Gasteiger partial charge in [0.1, 0.15) is 21.9 Å². The molecule has 1 aromatic heterocycles. The summed E-state index contributed by atoms with van der Waals surface area (Å²) in [6.45, 7) is 1.97. The number of rotatable bonds is 6. The molecule has 29 heavy (non-hydrogen) atoms. The van der Waals surface area contributed by atoms with Gasteiger partial charge < -0.3 is 14.6 Å². The largest absolute Gasteiger partial charge is 0.481 e. The highest BCUT2D eigenvalue weighted by Gasteiger charge is 2.41. The average molecular weight is 496 g/mol. The van der Waals surface area contributed by atoms with E-state index in [9.17, 15) is 19.5 Å². The Morgan fingerprint density at radius 2 is 2.03 bits per heavy atom. The van der Waals surface area contributed by atoms with Crippen LogP contribution in [-0.4, -0.2) is 43.3 Å². The van der Waals surface area contributed by atoms with Crippen LogP contribution in [0.3, 0.4) is 0 Å². The van der Waals surface area contributed by atoms with Crippen molar-refractivity contribution in [1.29, 1.82) is 0 Å². The SMILES string of the molecule is Cc1ccc(-c2ccc(/C=C3\SC(=S)N(C(CC(=O)O)C(=O)O)C3=O)o2)c(Br)c1. The number of nitrogens with zero attached hydrogens (tertiary/aromatic N) is 1. The van der Waals surface area contributed by atoms with Gasteiger partial charge in [-0.15, -0.1) is 0 Å². The van der Waals surface area contributed by atoms with Gasteiger partial charge in [0.25, 0.3) is 5.91 Å². The Bertz CT molecular complexity index is 1060. The second kappa shape index (κ2) is 8.52. The lowest BCUT2D eigenvalue weighted by Gasteiger charge is -2.21. The summed E-state index contributed by atoms with van der Waals surface area (Å²) >= 11 is 9.50. The van der Waals surface area contributed by atoms with Crippen molar-refractivity contribution in [2.45, 2.75) is 19.4 Å². The van der Waals surface area contributed by atoms with Gasteiger partial charge in [-0.25, -0.2) is 4.79 Å². The van der Waals surface area contributed by atoms with E-state index in [2.05, 4.69) is 15.9 Å². The highest BCUT2D eigenvalue weighted by molar-refractivity contribution is 9.10. The van der Waals surface area contributed by atoms with Gasteiger partial charge in [0.2, 0.25) is 0 Å². The molecule has 0 saturated carbocycles. The van der Waals surface area contributed by atoms with Crippen molar-refractivity contribution in [3.05, 3.63) is 51.0 Å². The number of carbonyl (C=O) groups is 3. The fourth-order valence-electron chi connectivity index (χ4n) is 2.73. The number of carboxylic acid groups (broad SMARTS) is 2. The van der Waals surface area contributed by atoms with Gasteiger partial charge in [0.15, 0.2) is 0 Å². The minimum Gasteiger partial charge on any atom is -0.481 e. The number of halogens is 1. The first-order valence-corrected chi connectivity index (χ1v) is 10.3. The predicted octanol–water partition coefficient (Wildman–Crippen LogP) is 4.15. The number of furan rings is 1. The summed E-state index contributed by atoms with van der Waals surface area (Å²) in [6, 6.07) is 7.68. The molecule has 1 saturated heterocycles. The maximum atomic E-state index is 12.7. The van der Waals surface area contributed by atoms with Crippen LogP contribution >= 0.6 is 39.9 Å². The van der Waals surface area contributed by atoms with Crippen LogP contribution in [0.2, 0.25) is 0 Å². The number of thiocarbonyl (C=S) groups is 1. The van der Waals surface area contributed by atoms with Crippen LogP contribution in [-0.2, 0) is 14.4 Å². The van der Waals surface area contributed by atoms with Crippen molar-refractivity contribution in [3.63, 3.8) is 0 Å². The van der Waals surface area contributed by atoms with Crippen LogP contribution in [0.1, 0.15) is 17.7 Å². The average Bonchev–Trinajstić information content (AvgIpc) is 3.18. The molecule has 7 nitrogen and oxygen atoms in total. The van der Waals surface area contributed by atoms with Crippen molar-refractivity contribution in [2.75, 3.05) is 0 Å². The molecule has 1 atom stereocenters. The Kier molecular flexibility index (Phi) is 6.25. The molecular formula is C19H14BrNO6S2. The van der Waals surface area contributed by atoms with Crippen LogP contribution in [0.5, 0.6) is 0 Å². The monoisotopic (exact) mass is 495 g/mol. The van der Waals surface area contributed by atoms with Gasteiger partial charge in [-0.3, -0.25) is 14.5 Å². The Hall–Kier alpha value is -2.43. The zero-order chi connectivity index (χ0) is 21.3. The van der Waals surface area contributed by atoms with Crippen molar-refractivity contribution in [2.24, 2.45) is 0 Å². The maximum absolute atomic E-state index is 12.7. The Morgan fingerprint density at radius 3 is 2.66 bits per heavy atom. The van der Waals surface area contributed by atoms with E-state index in [0.29, 0.717) is 11.5 Å². The molecule has 2 N–H and O–H groups in total. The van der Waals surface area contributed by atoms with Crippen molar-refractivity contribution in [1.82, 2.24) is 4.90 Å². The molecule has 1 aliphatic heterocycles. The number of aryl methyl sites for hydroxylation is 1.